The predicted octanol–water partition coefficient (Wildman–Crippen LogP) is 4.56. The number of sulfonamides is 1. The zero-order valence-electron chi connectivity index (χ0n) is 32.2. The van der Waals surface area contributed by atoms with E-state index in [2.05, 4.69) is 32.5 Å². The molecule has 4 atom stereocenters. The Balaban J connectivity index is 1.43. The Bertz CT molecular complexity index is 1930. The molecule has 1 aromatic carbocycles. The number of ketones is 1. The zero-order valence-corrected chi connectivity index (χ0v) is 33.0. The number of carbonyl (C=O) groups is 5. The molecular formula is C39H53N5O9S. The van der Waals surface area contributed by atoms with Crippen molar-refractivity contribution < 1.29 is 41.9 Å². The fourth-order valence-electron chi connectivity index (χ4n) is 6.42. The molecule has 5 rings (SSSR count). The molecule has 0 radical (unpaired) electrons. The number of hydrogen-bond acceptors (Lipinski definition) is 10. The Kier molecular flexibility index (Phi) is 12.1. The summed E-state index contributed by atoms with van der Waals surface area (Å²) in [6.07, 6.45) is 4.56. The van der Waals surface area contributed by atoms with Crippen molar-refractivity contribution in [3.8, 4) is 5.88 Å². The van der Waals surface area contributed by atoms with Crippen LogP contribution in [0.3, 0.4) is 0 Å². The van der Waals surface area contributed by atoms with Crippen molar-refractivity contribution in [2.24, 2.45) is 0 Å². The number of fused-ring (bicyclic) bond motifs is 1. The molecule has 3 fully saturated rings. The van der Waals surface area contributed by atoms with Crippen molar-refractivity contribution in [3.63, 3.8) is 0 Å². The normalized spacial score (nSPS) is 20.3. The number of amides is 4. The van der Waals surface area contributed by atoms with Gasteiger partial charge in [0.1, 0.15) is 29.3 Å². The predicted molar refractivity (Wildman–Crippen MR) is 202 cm³/mol. The van der Waals surface area contributed by atoms with Crippen molar-refractivity contribution in [2.75, 3.05) is 6.54 Å². The number of pyridine rings is 1. The van der Waals surface area contributed by atoms with Gasteiger partial charge >= 0.3 is 6.09 Å². The molecule has 2 aliphatic carbocycles. The number of alkyl carbamates (subject to hydrolysis) is 1. The number of benzene rings is 1. The van der Waals surface area contributed by atoms with Gasteiger partial charge in [0.2, 0.25) is 27.7 Å². The van der Waals surface area contributed by atoms with E-state index in [1.54, 1.807) is 47.7 Å². The molecule has 2 aromatic rings. The molecule has 15 heteroatoms. The van der Waals surface area contributed by atoms with Gasteiger partial charge in [0, 0.05) is 24.4 Å². The Morgan fingerprint density at radius 2 is 1.74 bits per heavy atom. The summed E-state index contributed by atoms with van der Waals surface area (Å²) in [5, 5.41) is 6.38. The fraction of sp³-hybridized carbons (Fsp3) is 0.590. The first-order chi connectivity index (χ1) is 25.3. The van der Waals surface area contributed by atoms with Crippen molar-refractivity contribution in [1.82, 2.24) is 25.2 Å². The molecule has 4 amide bonds. The minimum Gasteiger partial charge on any atom is -0.472 e. The summed E-state index contributed by atoms with van der Waals surface area (Å²) in [6, 6.07) is 5.57. The van der Waals surface area contributed by atoms with E-state index < -0.39 is 68.4 Å². The van der Waals surface area contributed by atoms with Crippen LogP contribution in [0, 0.1) is 0 Å². The highest BCUT2D eigenvalue weighted by Gasteiger charge is 2.47. The van der Waals surface area contributed by atoms with Gasteiger partial charge in [-0.05, 0) is 115 Å². The average Bonchev–Trinajstić information content (AvgIpc) is 4.02. The lowest BCUT2D eigenvalue weighted by atomic mass is 9.97. The van der Waals surface area contributed by atoms with Crippen LogP contribution in [-0.4, -0.2) is 89.0 Å². The summed E-state index contributed by atoms with van der Waals surface area (Å²) in [5.41, 5.74) is -0.506. The lowest BCUT2D eigenvalue weighted by molar-refractivity contribution is -0.142. The van der Waals surface area contributed by atoms with Crippen molar-refractivity contribution >= 4 is 50.4 Å². The third-order valence-electron chi connectivity index (χ3n) is 9.85. The number of nitrogens with one attached hydrogen (secondary N) is 3. The summed E-state index contributed by atoms with van der Waals surface area (Å²) in [6.45, 7) is 11.5. The van der Waals surface area contributed by atoms with Crippen LogP contribution in [0.5, 0.6) is 5.88 Å². The van der Waals surface area contributed by atoms with Crippen LogP contribution in [0.15, 0.2) is 42.1 Å². The molecule has 0 spiro atoms. The smallest absolute Gasteiger partial charge is 0.408 e. The summed E-state index contributed by atoms with van der Waals surface area (Å²) in [5.74, 6) is -1.63. The third-order valence-corrected chi connectivity index (χ3v) is 11.7. The van der Waals surface area contributed by atoms with E-state index in [1.165, 1.54) is 23.5 Å². The maximum atomic E-state index is 14.5. The highest BCUT2D eigenvalue weighted by molar-refractivity contribution is 7.91. The van der Waals surface area contributed by atoms with Gasteiger partial charge in [-0.2, -0.15) is 0 Å². The molecular weight excluding hydrogens is 715 g/mol. The lowest BCUT2D eigenvalue weighted by Crippen LogP contribution is -2.61. The Morgan fingerprint density at radius 1 is 1.04 bits per heavy atom. The van der Waals surface area contributed by atoms with Crippen LogP contribution in [-0.2, 0) is 33.9 Å². The molecule has 3 N–H and O–H groups in total. The molecule has 0 unspecified atom stereocenters. The number of ether oxygens (including phenoxy) is 2. The second-order valence-corrected chi connectivity index (χ2v) is 18.1. The van der Waals surface area contributed by atoms with Crippen molar-refractivity contribution in [2.45, 2.75) is 140 Å². The van der Waals surface area contributed by atoms with Crippen LogP contribution in [0.2, 0.25) is 0 Å². The molecule has 2 saturated carbocycles. The highest BCUT2D eigenvalue weighted by Crippen LogP contribution is 2.41. The van der Waals surface area contributed by atoms with E-state index in [0.717, 1.165) is 29.2 Å². The number of carbonyl (C=O) groups excluding carboxylic acids is 5. The van der Waals surface area contributed by atoms with Gasteiger partial charge in [0.15, 0.2) is 5.78 Å². The van der Waals surface area contributed by atoms with E-state index in [9.17, 15) is 32.4 Å². The molecule has 1 aromatic heterocycles. The summed E-state index contributed by atoms with van der Waals surface area (Å²) < 4.78 is 39.3. The zero-order chi connectivity index (χ0) is 39.6. The molecule has 1 saturated heterocycles. The van der Waals surface area contributed by atoms with Crippen LogP contribution in [0.25, 0.3) is 10.8 Å². The van der Waals surface area contributed by atoms with Gasteiger partial charge in [0.05, 0.1) is 11.8 Å². The van der Waals surface area contributed by atoms with Crippen LogP contribution >= 0.6 is 0 Å². The first-order valence-electron chi connectivity index (χ1n) is 18.7. The van der Waals surface area contributed by atoms with Crippen molar-refractivity contribution in [1.29, 1.82) is 0 Å². The minimum atomic E-state index is -3.91. The van der Waals surface area contributed by atoms with Gasteiger partial charge in [-0.25, -0.2) is 18.2 Å². The molecule has 54 heavy (non-hydrogen) atoms. The van der Waals surface area contributed by atoms with E-state index in [4.69, 9.17) is 9.47 Å². The topological polar surface area (TPSA) is 190 Å². The first-order valence-corrected chi connectivity index (χ1v) is 20.2. The van der Waals surface area contributed by atoms with E-state index in [-0.39, 0.29) is 38.0 Å². The van der Waals surface area contributed by atoms with E-state index >= 15 is 0 Å². The SMILES string of the molecule is CC[C@@](C)(NC(=O)[C@@H]1C[C@@H](Oc2nccc3cc(C4CC4)ccc23)CN1C(=O)[C@H](CCC(=O)C=C(C)C)NC(=O)OC(C)(C)C)C(=O)NS(=O)(=O)C1CC1. The fourth-order valence-corrected chi connectivity index (χ4v) is 7.83. The molecule has 2 heterocycles. The Morgan fingerprint density at radius 3 is 2.35 bits per heavy atom. The first kappa shape index (κ1) is 40.7. The van der Waals surface area contributed by atoms with Crippen molar-refractivity contribution in [3.05, 3.63) is 47.7 Å². The van der Waals surface area contributed by atoms with Gasteiger partial charge in [0.25, 0.3) is 5.91 Å². The maximum Gasteiger partial charge on any atom is 0.408 e. The second kappa shape index (κ2) is 16.1. The monoisotopic (exact) mass is 767 g/mol. The van der Waals surface area contributed by atoms with Crippen LogP contribution in [0.4, 0.5) is 4.79 Å². The summed E-state index contributed by atoms with van der Waals surface area (Å²) in [4.78, 5) is 73.5. The van der Waals surface area contributed by atoms with Gasteiger partial charge in [-0.15, -0.1) is 0 Å². The number of nitrogens with zero attached hydrogens (tertiary/aromatic N) is 2. The van der Waals surface area contributed by atoms with Gasteiger partial charge < -0.3 is 25.0 Å². The summed E-state index contributed by atoms with van der Waals surface area (Å²) >= 11 is 0. The van der Waals surface area contributed by atoms with Gasteiger partial charge in [-0.3, -0.25) is 23.9 Å². The number of aromatic nitrogens is 1. The quantitative estimate of drug-likeness (QED) is 0.217. The maximum absolute atomic E-state index is 14.5. The lowest BCUT2D eigenvalue weighted by Gasteiger charge is -2.33. The van der Waals surface area contributed by atoms with E-state index in [0.29, 0.717) is 24.6 Å². The largest absolute Gasteiger partial charge is 0.472 e. The molecule has 294 valence electrons. The standard InChI is InChI=1S/C39H53N5O9S/c1-8-39(7,36(48)43-54(50,51)29-13-14-29)42-33(46)32-21-28(52-34-30-15-11-25(24-9-10-24)20-26(30)17-18-40-34)22-44(32)35(47)31(16-12-27(45)19-23(2)3)41-37(49)53-38(4,5)6/h11,15,17-20,24,28-29,31-32H,8-10,12-14,16,21-22H2,1-7H3,(H,41,49)(H,42,46)(H,43,48)/t28-,31+,32+,39-/m1/s1. The van der Waals surface area contributed by atoms with E-state index in [1.807, 2.05) is 12.1 Å². The highest BCUT2D eigenvalue weighted by atomic mass is 32.2. The molecule has 14 nitrogen and oxygen atoms in total. The molecule has 0 bridgehead atoms. The third kappa shape index (κ3) is 10.4. The average molecular weight is 768 g/mol. The number of allylic oxidation sites excluding steroid dienone is 2. The number of hydrogen-bond donors (Lipinski definition) is 3. The second-order valence-electron chi connectivity index (χ2n) is 16.1. The number of rotatable bonds is 15. The molecule has 3 aliphatic rings. The summed E-state index contributed by atoms with van der Waals surface area (Å²) in [7, 11) is -3.91. The minimum absolute atomic E-state index is 0.00651. The van der Waals surface area contributed by atoms with Gasteiger partial charge in [-0.1, -0.05) is 24.6 Å². The molecule has 1 aliphatic heterocycles. The Labute approximate surface area is 317 Å². The van der Waals surface area contributed by atoms with Crippen LogP contribution in [0.1, 0.15) is 111 Å². The van der Waals surface area contributed by atoms with Crippen LogP contribution < -0.4 is 20.1 Å². The number of likely N-dealkylation sites (tertiary alicyclic amines) is 1. The Hall–Kier alpha value is -4.53.